The third-order valence-corrected chi connectivity index (χ3v) is 3.87. The van der Waals surface area contributed by atoms with Crippen molar-refractivity contribution in [1.82, 2.24) is 0 Å². The monoisotopic (exact) mass is 250 g/mol. The Bertz CT molecular complexity index is 395. The zero-order valence-electron chi connectivity index (χ0n) is 10.9. The lowest BCUT2D eigenvalue weighted by Crippen LogP contribution is -2.21. The third kappa shape index (κ3) is 2.88. The van der Waals surface area contributed by atoms with E-state index >= 15 is 0 Å². The van der Waals surface area contributed by atoms with Crippen LogP contribution in [0.4, 0.5) is 11.4 Å². The molecule has 4 heteroatoms. The topological polar surface area (TPSA) is 67.5 Å². The van der Waals surface area contributed by atoms with Gasteiger partial charge in [0.1, 0.15) is 5.75 Å². The summed E-state index contributed by atoms with van der Waals surface area (Å²) >= 11 is 0. The van der Waals surface area contributed by atoms with Crippen LogP contribution >= 0.6 is 0 Å². The normalized spacial score (nSPS) is 23.0. The maximum Gasteiger partial charge on any atom is 0.121 e. The van der Waals surface area contributed by atoms with Crippen LogP contribution in [0.3, 0.4) is 0 Å². The van der Waals surface area contributed by atoms with E-state index in [1.807, 2.05) is 18.2 Å². The van der Waals surface area contributed by atoms with Crippen molar-refractivity contribution < 1.29 is 9.84 Å². The number of aliphatic hydroxyl groups is 1. The fourth-order valence-corrected chi connectivity index (χ4v) is 2.68. The maximum atomic E-state index is 9.30. The first kappa shape index (κ1) is 13.0. The Labute approximate surface area is 108 Å². The predicted octanol–water partition coefficient (Wildman–Crippen LogP) is 2.10. The molecule has 0 aromatic heterocycles. The molecule has 1 saturated carbocycles. The largest absolute Gasteiger partial charge is 0.497 e. The molecule has 4 nitrogen and oxygen atoms in total. The fourth-order valence-electron chi connectivity index (χ4n) is 2.68. The van der Waals surface area contributed by atoms with E-state index in [0.717, 1.165) is 30.1 Å². The quantitative estimate of drug-likeness (QED) is 0.700. The molecule has 2 rings (SSSR count). The van der Waals surface area contributed by atoms with Gasteiger partial charge in [0.05, 0.1) is 18.5 Å². The number of nitrogens with two attached hydrogens (primary N) is 1. The smallest absolute Gasteiger partial charge is 0.121 e. The summed E-state index contributed by atoms with van der Waals surface area (Å²) in [6, 6.07) is 5.62. The van der Waals surface area contributed by atoms with Gasteiger partial charge in [0.15, 0.2) is 0 Å². The molecule has 1 aromatic carbocycles. The summed E-state index contributed by atoms with van der Waals surface area (Å²) in [5.41, 5.74) is 7.57. The molecule has 0 radical (unpaired) electrons. The van der Waals surface area contributed by atoms with Gasteiger partial charge in [-0.3, -0.25) is 0 Å². The lowest BCUT2D eigenvalue weighted by atomic mass is 9.97. The molecular weight excluding hydrogens is 228 g/mol. The molecule has 0 amide bonds. The van der Waals surface area contributed by atoms with Crippen molar-refractivity contribution in [1.29, 1.82) is 0 Å². The number of hydrogen-bond donors (Lipinski definition) is 3. The molecule has 2 unspecified atom stereocenters. The molecule has 0 spiro atoms. The average Bonchev–Trinajstić information content (AvgIpc) is 2.85. The van der Waals surface area contributed by atoms with Crippen LogP contribution in [0, 0.1) is 11.8 Å². The van der Waals surface area contributed by atoms with Gasteiger partial charge in [-0.2, -0.15) is 0 Å². The van der Waals surface area contributed by atoms with E-state index in [-0.39, 0.29) is 0 Å². The van der Waals surface area contributed by atoms with Crippen LogP contribution in [0.15, 0.2) is 18.2 Å². The van der Waals surface area contributed by atoms with Crippen molar-refractivity contribution in [2.75, 3.05) is 31.3 Å². The molecule has 1 aliphatic rings. The zero-order valence-corrected chi connectivity index (χ0v) is 10.9. The van der Waals surface area contributed by atoms with Crippen molar-refractivity contribution in [3.63, 3.8) is 0 Å². The van der Waals surface area contributed by atoms with Crippen LogP contribution in [0.25, 0.3) is 0 Å². The molecule has 1 fully saturated rings. The predicted molar refractivity (Wildman–Crippen MR) is 73.8 cm³/mol. The Hall–Kier alpha value is -1.42. The summed E-state index contributed by atoms with van der Waals surface area (Å²) in [4.78, 5) is 0. The van der Waals surface area contributed by atoms with Crippen molar-refractivity contribution in [3.05, 3.63) is 18.2 Å². The standard InChI is InChI=1S/C14H22N2O2/c1-18-12-5-6-13(15)14(7-12)16-8-10-3-2-4-11(10)9-17/h5-7,10-11,16-17H,2-4,8-9,15H2,1H3. The third-order valence-electron chi connectivity index (χ3n) is 3.87. The Morgan fingerprint density at radius 1 is 1.39 bits per heavy atom. The number of nitrogens with one attached hydrogen (secondary N) is 1. The van der Waals surface area contributed by atoms with E-state index in [0.29, 0.717) is 18.4 Å². The molecule has 0 aliphatic heterocycles. The van der Waals surface area contributed by atoms with E-state index in [1.54, 1.807) is 7.11 Å². The zero-order chi connectivity index (χ0) is 13.0. The highest BCUT2D eigenvalue weighted by molar-refractivity contribution is 5.68. The first-order chi connectivity index (χ1) is 8.74. The Morgan fingerprint density at radius 3 is 2.89 bits per heavy atom. The molecule has 0 bridgehead atoms. The summed E-state index contributed by atoms with van der Waals surface area (Å²) in [5, 5.41) is 12.7. The molecule has 1 aliphatic carbocycles. The first-order valence-corrected chi connectivity index (χ1v) is 6.53. The summed E-state index contributed by atoms with van der Waals surface area (Å²) in [6.07, 6.45) is 3.53. The number of aliphatic hydroxyl groups excluding tert-OH is 1. The van der Waals surface area contributed by atoms with E-state index in [9.17, 15) is 5.11 Å². The van der Waals surface area contributed by atoms with Crippen LogP contribution in [0.5, 0.6) is 5.75 Å². The van der Waals surface area contributed by atoms with Gasteiger partial charge in [0.2, 0.25) is 0 Å². The lowest BCUT2D eigenvalue weighted by Gasteiger charge is -2.19. The summed E-state index contributed by atoms with van der Waals surface area (Å²) < 4.78 is 5.19. The maximum absolute atomic E-state index is 9.30. The van der Waals surface area contributed by atoms with Gasteiger partial charge < -0.3 is 20.9 Å². The Balaban J connectivity index is 1.97. The van der Waals surface area contributed by atoms with Crippen molar-refractivity contribution in [2.45, 2.75) is 19.3 Å². The second-order valence-corrected chi connectivity index (χ2v) is 4.97. The number of anilines is 2. The molecule has 0 heterocycles. The van der Waals surface area contributed by atoms with Gasteiger partial charge in [-0.25, -0.2) is 0 Å². The number of methoxy groups -OCH3 is 1. The number of benzene rings is 1. The van der Waals surface area contributed by atoms with E-state index in [1.165, 1.54) is 12.8 Å². The fraction of sp³-hybridized carbons (Fsp3) is 0.571. The van der Waals surface area contributed by atoms with Crippen LogP contribution < -0.4 is 15.8 Å². The second-order valence-electron chi connectivity index (χ2n) is 4.97. The summed E-state index contributed by atoms with van der Waals surface area (Å²) in [6.45, 7) is 1.16. The van der Waals surface area contributed by atoms with Crippen LogP contribution in [-0.4, -0.2) is 25.4 Å². The van der Waals surface area contributed by atoms with Gasteiger partial charge in [0.25, 0.3) is 0 Å². The molecule has 18 heavy (non-hydrogen) atoms. The minimum atomic E-state index is 0.292. The minimum absolute atomic E-state index is 0.292. The van der Waals surface area contributed by atoms with Gasteiger partial charge in [0, 0.05) is 19.2 Å². The second kappa shape index (κ2) is 5.96. The van der Waals surface area contributed by atoms with Gasteiger partial charge in [-0.05, 0) is 36.8 Å². The molecule has 0 saturated heterocycles. The summed E-state index contributed by atoms with van der Waals surface area (Å²) in [7, 11) is 1.65. The van der Waals surface area contributed by atoms with E-state index < -0.39 is 0 Å². The first-order valence-electron chi connectivity index (χ1n) is 6.53. The van der Waals surface area contributed by atoms with Crippen LogP contribution in [-0.2, 0) is 0 Å². The SMILES string of the molecule is COc1ccc(N)c(NCC2CCCC2CO)c1. The highest BCUT2D eigenvalue weighted by Crippen LogP contribution is 2.32. The van der Waals surface area contributed by atoms with E-state index in [4.69, 9.17) is 10.5 Å². The minimum Gasteiger partial charge on any atom is -0.497 e. The van der Waals surface area contributed by atoms with Crippen molar-refractivity contribution in [2.24, 2.45) is 11.8 Å². The van der Waals surface area contributed by atoms with Crippen molar-refractivity contribution in [3.8, 4) is 5.75 Å². The highest BCUT2D eigenvalue weighted by atomic mass is 16.5. The number of nitrogen functional groups attached to an aromatic ring is 1. The lowest BCUT2D eigenvalue weighted by molar-refractivity contribution is 0.199. The summed E-state index contributed by atoms with van der Waals surface area (Å²) in [5.74, 6) is 1.78. The molecular formula is C14H22N2O2. The van der Waals surface area contributed by atoms with Crippen LogP contribution in [0.2, 0.25) is 0 Å². The number of hydrogen-bond acceptors (Lipinski definition) is 4. The van der Waals surface area contributed by atoms with Crippen LogP contribution in [0.1, 0.15) is 19.3 Å². The number of rotatable bonds is 5. The number of ether oxygens (including phenoxy) is 1. The van der Waals surface area contributed by atoms with Gasteiger partial charge in [-0.1, -0.05) is 6.42 Å². The van der Waals surface area contributed by atoms with Crippen molar-refractivity contribution >= 4 is 11.4 Å². The van der Waals surface area contributed by atoms with Gasteiger partial charge in [-0.15, -0.1) is 0 Å². The average molecular weight is 250 g/mol. The van der Waals surface area contributed by atoms with Gasteiger partial charge >= 0.3 is 0 Å². The molecule has 100 valence electrons. The Morgan fingerprint density at radius 2 is 2.17 bits per heavy atom. The van der Waals surface area contributed by atoms with E-state index in [2.05, 4.69) is 5.32 Å². The molecule has 4 N–H and O–H groups in total. The molecule has 2 atom stereocenters. The highest BCUT2D eigenvalue weighted by Gasteiger charge is 2.26. The Kier molecular flexibility index (Phi) is 4.31. The molecule has 1 aromatic rings.